The Balaban J connectivity index is -0.000000297. The normalized spacial score (nSPS) is 13.8. The van der Waals surface area contributed by atoms with Gasteiger partial charge in [0.2, 0.25) is 17.3 Å². The average Bonchev–Trinajstić information content (AvgIpc) is 1.59. The van der Waals surface area contributed by atoms with Crippen LogP contribution in [0.5, 0.6) is 23.3 Å². The van der Waals surface area contributed by atoms with Crippen LogP contribution in [0.25, 0.3) is 66.7 Å². The van der Waals surface area contributed by atoms with E-state index >= 15 is 0 Å². The molecule has 17 rings (SSSR count). The molecule has 13 aromatic rings. The molecule has 11 heterocycles. The Morgan fingerprint density at radius 1 is 0.472 bits per heavy atom. The van der Waals surface area contributed by atoms with Crippen molar-refractivity contribution in [2.75, 3.05) is 29.3 Å². The largest absolute Gasteiger partial charge is 0.506 e. The number of carbonyl (C=O) groups excluding carboxylic acids is 1. The number of hydrogen-bond donors (Lipinski definition) is 3. The molecule has 0 aliphatic carbocycles. The molecule has 0 amide bonds. The molecule has 0 bridgehead atoms. The number of aromatic amines is 1. The molecule has 0 saturated carbocycles. The van der Waals surface area contributed by atoms with Crippen molar-refractivity contribution < 1.29 is 89.6 Å². The molecule has 0 atom stereocenters. The number of esters is 1. The van der Waals surface area contributed by atoms with Gasteiger partial charge in [0.05, 0.1) is 82.0 Å². The number of nitrogens with zero attached hydrogens (tertiary/aromatic N) is 6. The van der Waals surface area contributed by atoms with Crippen molar-refractivity contribution in [3.05, 3.63) is 246 Å². The maximum Gasteiger partial charge on any atom is 0.494 e. The number of aromatic nitrogens is 7. The van der Waals surface area contributed by atoms with E-state index in [1.54, 1.807) is 99.6 Å². The van der Waals surface area contributed by atoms with Crippen LogP contribution in [-0.2, 0) is 83.9 Å². The number of aryl methyl sites for hydroxylation is 7. The number of rotatable bonds is 10. The zero-order valence-electron chi connectivity index (χ0n) is 79.6. The Hall–Kier alpha value is -7.76. The van der Waals surface area contributed by atoms with Crippen LogP contribution >= 0.6 is 109 Å². The number of carbonyl (C=O) groups is 1. The van der Waals surface area contributed by atoms with Gasteiger partial charge in [0, 0.05) is 117 Å². The monoisotopic (exact) mass is 2520 g/mol. The summed E-state index contributed by atoms with van der Waals surface area (Å²) in [6, 6.07) is 38.2. The predicted octanol–water partition coefficient (Wildman–Crippen LogP) is 29.0. The van der Waals surface area contributed by atoms with Crippen molar-refractivity contribution in [3.8, 4) is 45.5 Å². The van der Waals surface area contributed by atoms with Crippen LogP contribution in [-0.4, -0.2) is 123 Å². The van der Waals surface area contributed by atoms with Gasteiger partial charge in [-0.2, -0.15) is 6.42 Å². The van der Waals surface area contributed by atoms with Crippen LogP contribution in [0.15, 0.2) is 206 Å². The van der Waals surface area contributed by atoms with E-state index in [2.05, 4.69) is 115 Å². The summed E-state index contributed by atoms with van der Waals surface area (Å²) >= 11 is 17.5. The van der Waals surface area contributed by atoms with E-state index in [0.717, 1.165) is 96.3 Å². The van der Waals surface area contributed by atoms with Crippen LogP contribution in [0, 0.1) is 27.7 Å². The van der Waals surface area contributed by atoms with E-state index in [0.29, 0.717) is 83.0 Å². The fraction of sp³-hybridized carbons (Fsp3) is 0.462. The second-order valence-corrected chi connectivity index (χ2v) is 37.9. The Morgan fingerprint density at radius 3 is 1.17 bits per heavy atom. The summed E-state index contributed by atoms with van der Waals surface area (Å²) in [4.78, 5) is 79.8. The molecule has 4 aliphatic heterocycles. The van der Waals surface area contributed by atoms with Gasteiger partial charge < -0.3 is 82.6 Å². The number of H-pyrrole nitrogens is 1. The zero-order valence-corrected chi connectivity index (χ0v) is 90.7. The number of ether oxygens (including phenoxy) is 3. The zero-order chi connectivity index (χ0) is 98.5. The number of anilines is 1. The van der Waals surface area contributed by atoms with E-state index in [9.17, 15) is 28.8 Å². The number of phenolic OH excluding ortho intramolecular Hbond substituents is 1. The summed E-state index contributed by atoms with van der Waals surface area (Å²) in [6.07, 6.45) is 6.60. The summed E-state index contributed by atoms with van der Waals surface area (Å²) in [7, 11) is 1.82. The van der Waals surface area contributed by atoms with Gasteiger partial charge in [-0.3, -0.25) is 27.9 Å². The molecule has 3 fully saturated rings. The number of fused-ring (bicyclic) bond motifs is 5. The summed E-state index contributed by atoms with van der Waals surface area (Å²) in [5.74, 6) is 0.586. The predicted molar refractivity (Wildman–Crippen MR) is 633 cm³/mol. The van der Waals surface area contributed by atoms with Crippen LogP contribution in [0.3, 0.4) is 0 Å². The fourth-order valence-corrected chi connectivity index (χ4v) is 14.3. The van der Waals surface area contributed by atoms with Gasteiger partial charge in [0.25, 0.3) is 0 Å². The first kappa shape index (κ1) is 147. The third kappa shape index (κ3) is 38.1. The number of oxazole rings is 4. The number of nitrogen functional groups attached to an aromatic ring is 1. The minimum atomic E-state index is -0.476. The van der Waals surface area contributed by atoms with E-state index in [1.807, 2.05) is 240 Å². The number of halogens is 6. The molecule has 0 unspecified atom stereocenters. The number of alkyl halides is 2. The molecule has 805 valence electrons. The second-order valence-electron chi connectivity index (χ2n) is 32.8. The number of pyridine rings is 3. The smallest absolute Gasteiger partial charge is 0.494 e. The van der Waals surface area contributed by atoms with Crippen molar-refractivity contribution >= 4 is 192 Å². The van der Waals surface area contributed by atoms with Crippen molar-refractivity contribution in [1.29, 1.82) is 0 Å². The van der Waals surface area contributed by atoms with Gasteiger partial charge in [0.15, 0.2) is 22.3 Å². The summed E-state index contributed by atoms with van der Waals surface area (Å²) in [6.45, 7) is 47.8. The number of methoxy groups -OCH3 is 2. The van der Waals surface area contributed by atoms with E-state index < -0.39 is 21.1 Å². The standard InChI is InChI=1S/C16H16N2O3.C15H20BNO4.C15H14N2O3.C12H24B2O4.C9H8BrNO2.C8H5BrO2.C7H8BrNO.C6H6BrNO.C3H7.C2H5I.CH3I.12CH4.V/c1-4-18-13-8-11(5-6-14(13)21-16(18)19)12-9-17-15(20-3)7-10(12)2;1-6-17-11-9-10(7-8-12(11)19-13(17)18)16-20-14(2,3)15(4,5)21-16;1-3-17-12-7-10(4-5-13(12)20-15(17)19)11-8-16-14(18)6-9(11)2;1-9(2)10(3,4)16-13(15-9)14-17-11(5,6)12(7,8)18-14;1-2-11-7-5-6(10)3-4-8(7)13-9(11)12;9-6-1-2-7-5(3-6)4-8(10)11-7;1-5-3-7(10-2)9-4-6(5)8;7-4-1-2-6(9)5(8)3-4;1-3-2;1-2-3;1-2;;;;;;;;;;;;;/h5-9H,4H2,1-3H3;7-9H,6H2,1-5H3;4-8H,3H2,1-2H3,(H,16,18);1-8H3;3-5H,2H2,1H3;1-3H,4H2;3-4H,1-2H3;1-3,9H,8H2;1,3H2,2H3;2H2,1H3;1H3;12*1H4;/q;;;;;;;;-1;;;;;;;;;;;;;;;/i;;;;;;;;;;1D;;;;;;;;;;;;;. The molecule has 28 nitrogen and oxygen atoms in total. The van der Waals surface area contributed by atoms with Crippen LogP contribution < -0.4 is 54.0 Å². The molecule has 1 radical (unpaired) electrons. The van der Waals surface area contributed by atoms with Gasteiger partial charge in [-0.25, -0.2) is 29.1 Å². The minimum Gasteiger partial charge on any atom is -0.506 e. The van der Waals surface area contributed by atoms with E-state index in [1.165, 1.54) is 4.43 Å². The number of benzene rings is 6. The average molecular weight is 2530 g/mol. The number of nitrogens with two attached hydrogens (primary N) is 1. The molecular formula is C106H164B3Br4I2N8O20V-. The summed E-state index contributed by atoms with van der Waals surface area (Å²) in [5, 5.41) is 8.90. The molecule has 144 heavy (non-hydrogen) atoms. The van der Waals surface area contributed by atoms with Gasteiger partial charge in [-0.05, 0) is 281 Å². The van der Waals surface area contributed by atoms with Crippen molar-refractivity contribution in [2.24, 2.45) is 0 Å². The van der Waals surface area contributed by atoms with Crippen LogP contribution in [0.2, 0.25) is 0 Å². The Labute approximate surface area is 933 Å². The SMILES string of the molecule is C.C.C.C.C.C.C.C.C.C.C.C.CC1(C)OB(B2OC(C)(C)C(C)(C)O2)OC1(C)C.CCI.CCn1c(=O)oc2ccc(-c3c[nH]c(=O)cc3C)cc21.CCn1c(=O)oc2ccc(-c3cnc(OC)cc3C)cc21.CCn1c(=O)oc2ccc(B3OC(C)(C)C(C)(C)O3)cc21.CCn1c(=O)oc2ccc(Br)cc21.COc1cc(C)c(Br)cn1.Nc1cc(Br)ccc1O.O=C1Cc2cc(Br)ccc2O1.[2H]CI.[CH2-]CC.[V]. The van der Waals surface area contributed by atoms with Crippen LogP contribution in [0.4, 0.5) is 5.69 Å². The topological polar surface area (TPSA) is 346 Å². The maximum atomic E-state index is 11.7. The molecular weight excluding hydrogens is 2360 g/mol. The minimum absolute atomic E-state index is 0. The van der Waals surface area contributed by atoms with E-state index in [-0.39, 0.29) is 182 Å². The first-order chi connectivity index (χ1) is 62.0. The Kier molecular flexibility index (Phi) is 67.3. The number of hydrogen-bond acceptors (Lipinski definition) is 23. The van der Waals surface area contributed by atoms with Gasteiger partial charge in [-0.1, -0.05) is 214 Å². The van der Waals surface area contributed by atoms with Gasteiger partial charge >= 0.3 is 50.1 Å². The van der Waals surface area contributed by atoms with E-state index in [4.69, 9.17) is 72.0 Å². The Bertz CT molecular complexity index is 6330. The van der Waals surface area contributed by atoms with Gasteiger partial charge in [-0.15, -0.1) is 0 Å². The number of phenols is 1. The quantitative estimate of drug-likeness (QED) is 0.0167. The molecule has 38 heteroatoms. The summed E-state index contributed by atoms with van der Waals surface area (Å²) < 4.78 is 89.1. The van der Waals surface area contributed by atoms with Crippen molar-refractivity contribution in [3.63, 3.8) is 0 Å². The third-order valence-corrected chi connectivity index (χ3v) is 24.4. The number of aromatic hydroxyl groups is 1. The fourth-order valence-electron chi connectivity index (χ4n) is 13.0. The second kappa shape index (κ2) is 65.9. The first-order valence-electron chi connectivity index (χ1n) is 42.8. The Morgan fingerprint density at radius 2 is 0.799 bits per heavy atom. The molecule has 7 aromatic heterocycles. The molecule has 0 spiro atoms. The maximum absolute atomic E-state index is 11.7. The molecule has 3 saturated heterocycles. The first-order valence-corrected chi connectivity index (χ1v) is 48.3. The van der Waals surface area contributed by atoms with Crippen molar-refractivity contribution in [2.45, 2.75) is 307 Å². The van der Waals surface area contributed by atoms with Gasteiger partial charge in [0.1, 0.15) is 11.5 Å². The molecule has 6 aromatic carbocycles. The third-order valence-electron chi connectivity index (χ3n) is 22.1. The molecule has 4 aliphatic rings. The van der Waals surface area contributed by atoms with Crippen LogP contribution in [0.1, 0.15) is 244 Å². The summed E-state index contributed by atoms with van der Waals surface area (Å²) in [5.41, 5.74) is 17.8. The van der Waals surface area contributed by atoms with Crippen molar-refractivity contribution in [1.82, 2.24) is 33.2 Å². The number of nitrogens with one attached hydrogen (secondary N) is 1. The molecule has 4 N–H and O–H groups in total.